The van der Waals surface area contributed by atoms with E-state index in [0.717, 1.165) is 6.42 Å². The predicted octanol–water partition coefficient (Wildman–Crippen LogP) is 0.927. The molecule has 0 saturated carbocycles. The van der Waals surface area contributed by atoms with Gasteiger partial charge in [0.25, 0.3) is 5.91 Å². The number of aryl methyl sites for hydroxylation is 1. The number of aromatic carboxylic acids is 1. The fraction of sp³-hybridized carbons (Fsp3) is 0.538. The van der Waals surface area contributed by atoms with E-state index in [0.29, 0.717) is 36.3 Å². The van der Waals surface area contributed by atoms with Crippen LogP contribution in [0.4, 0.5) is 0 Å². The second kappa shape index (κ2) is 5.05. The summed E-state index contributed by atoms with van der Waals surface area (Å²) in [6, 6.07) is 0. The Kier molecular flexibility index (Phi) is 3.61. The van der Waals surface area contributed by atoms with Gasteiger partial charge in [0.15, 0.2) is 0 Å². The van der Waals surface area contributed by atoms with E-state index in [2.05, 4.69) is 4.98 Å². The van der Waals surface area contributed by atoms with Crippen molar-refractivity contribution in [1.29, 1.82) is 0 Å². The fourth-order valence-corrected chi connectivity index (χ4v) is 2.58. The van der Waals surface area contributed by atoms with E-state index in [-0.39, 0.29) is 11.6 Å². The van der Waals surface area contributed by atoms with Gasteiger partial charge in [-0.1, -0.05) is 0 Å². The van der Waals surface area contributed by atoms with E-state index in [1.165, 1.54) is 0 Å². The molecule has 19 heavy (non-hydrogen) atoms. The molecule has 1 fully saturated rings. The molecule has 3 N–H and O–H groups in total. The van der Waals surface area contributed by atoms with Gasteiger partial charge in [0.05, 0.1) is 11.7 Å². The number of carbonyl (C=O) groups is 2. The lowest BCUT2D eigenvalue weighted by atomic mass is 10.0. The number of carboxylic acid groups (broad SMARTS) is 1. The van der Waals surface area contributed by atoms with Crippen molar-refractivity contribution in [2.24, 2.45) is 0 Å². The number of amides is 1. The van der Waals surface area contributed by atoms with Crippen LogP contribution in [-0.2, 0) is 0 Å². The Morgan fingerprint density at radius 3 is 2.58 bits per heavy atom. The van der Waals surface area contributed by atoms with E-state index in [1.807, 2.05) is 0 Å². The number of carbonyl (C=O) groups excluding carboxylic acids is 1. The summed E-state index contributed by atoms with van der Waals surface area (Å²) in [5.41, 5.74) is 1.47. The van der Waals surface area contributed by atoms with Gasteiger partial charge in [0, 0.05) is 18.8 Å². The van der Waals surface area contributed by atoms with Crippen molar-refractivity contribution in [2.45, 2.75) is 32.8 Å². The highest BCUT2D eigenvalue weighted by atomic mass is 16.4. The number of nitrogens with zero attached hydrogens (tertiary/aromatic N) is 1. The largest absolute Gasteiger partial charge is 0.477 e. The number of hydrogen-bond donors (Lipinski definition) is 3. The van der Waals surface area contributed by atoms with Crippen molar-refractivity contribution in [2.75, 3.05) is 13.1 Å². The molecule has 1 amide bonds. The molecular formula is C13H18N2O4. The molecular weight excluding hydrogens is 248 g/mol. The zero-order chi connectivity index (χ0) is 14.2. The summed E-state index contributed by atoms with van der Waals surface area (Å²) in [6.07, 6.45) is 0.979. The first kappa shape index (κ1) is 13.6. The predicted molar refractivity (Wildman–Crippen MR) is 68.4 cm³/mol. The minimum atomic E-state index is -1.07. The van der Waals surface area contributed by atoms with E-state index in [1.54, 1.807) is 18.7 Å². The Hall–Kier alpha value is -1.82. The van der Waals surface area contributed by atoms with E-state index < -0.39 is 12.1 Å². The van der Waals surface area contributed by atoms with E-state index >= 15 is 0 Å². The summed E-state index contributed by atoms with van der Waals surface area (Å²) in [5.74, 6) is -1.28. The number of aliphatic hydroxyl groups is 1. The average Bonchev–Trinajstić information content (AvgIpc) is 2.64. The summed E-state index contributed by atoms with van der Waals surface area (Å²) < 4.78 is 0. The van der Waals surface area contributed by atoms with Gasteiger partial charge in [-0.25, -0.2) is 4.79 Å². The first-order valence-electron chi connectivity index (χ1n) is 6.31. The average molecular weight is 266 g/mol. The number of likely N-dealkylation sites (tertiary alicyclic amines) is 1. The highest BCUT2D eigenvalue weighted by molar-refractivity contribution is 6.00. The van der Waals surface area contributed by atoms with Gasteiger partial charge in [0.1, 0.15) is 5.69 Å². The van der Waals surface area contributed by atoms with Crippen LogP contribution in [0.2, 0.25) is 0 Å². The third-order valence-corrected chi connectivity index (χ3v) is 3.55. The van der Waals surface area contributed by atoms with Crippen LogP contribution in [-0.4, -0.2) is 51.2 Å². The monoisotopic (exact) mass is 266 g/mol. The highest BCUT2D eigenvalue weighted by Gasteiger charge is 2.28. The molecule has 2 rings (SSSR count). The maximum atomic E-state index is 12.4. The molecule has 1 unspecified atom stereocenters. The van der Waals surface area contributed by atoms with Crippen molar-refractivity contribution >= 4 is 11.9 Å². The number of aromatic amines is 1. The molecule has 1 aliphatic rings. The number of hydrogen-bond acceptors (Lipinski definition) is 3. The normalized spacial score (nSPS) is 19.5. The quantitative estimate of drug-likeness (QED) is 0.742. The second-order valence-electron chi connectivity index (χ2n) is 4.98. The fourth-order valence-electron chi connectivity index (χ4n) is 2.58. The van der Waals surface area contributed by atoms with Gasteiger partial charge in [-0.15, -0.1) is 0 Å². The second-order valence-corrected chi connectivity index (χ2v) is 4.98. The zero-order valence-corrected chi connectivity index (χ0v) is 11.1. The van der Waals surface area contributed by atoms with Crippen molar-refractivity contribution in [3.05, 3.63) is 22.5 Å². The Bertz CT molecular complexity index is 521. The summed E-state index contributed by atoms with van der Waals surface area (Å²) in [7, 11) is 0. The summed E-state index contributed by atoms with van der Waals surface area (Å²) >= 11 is 0. The van der Waals surface area contributed by atoms with Gasteiger partial charge in [-0.2, -0.15) is 0 Å². The van der Waals surface area contributed by atoms with Gasteiger partial charge >= 0.3 is 5.97 Å². The number of piperidine rings is 1. The molecule has 2 heterocycles. The highest BCUT2D eigenvalue weighted by Crippen LogP contribution is 2.22. The number of aliphatic hydroxyl groups excluding tert-OH is 1. The van der Waals surface area contributed by atoms with Crippen LogP contribution in [0.1, 0.15) is 44.9 Å². The van der Waals surface area contributed by atoms with Gasteiger partial charge in [-0.3, -0.25) is 4.79 Å². The molecule has 0 bridgehead atoms. The van der Waals surface area contributed by atoms with Gasteiger partial charge in [0.2, 0.25) is 0 Å². The standard InChI is InChI=1S/C13H18N2O4/c1-7-10(8(2)14-11(7)13(18)19)12(17)15-5-3-4-9(16)6-15/h9,14,16H,3-6H2,1-2H3,(H,18,19). The first-order valence-corrected chi connectivity index (χ1v) is 6.31. The summed E-state index contributed by atoms with van der Waals surface area (Å²) in [6.45, 7) is 4.22. The van der Waals surface area contributed by atoms with Crippen LogP contribution in [0, 0.1) is 13.8 Å². The smallest absolute Gasteiger partial charge is 0.352 e. The molecule has 6 nitrogen and oxygen atoms in total. The molecule has 1 aliphatic heterocycles. The molecule has 104 valence electrons. The number of aromatic nitrogens is 1. The van der Waals surface area contributed by atoms with Crippen LogP contribution >= 0.6 is 0 Å². The molecule has 1 aromatic heterocycles. The third-order valence-electron chi connectivity index (χ3n) is 3.55. The van der Waals surface area contributed by atoms with Crippen molar-refractivity contribution in [3.63, 3.8) is 0 Å². The van der Waals surface area contributed by atoms with Crippen molar-refractivity contribution in [3.8, 4) is 0 Å². The summed E-state index contributed by atoms with van der Waals surface area (Å²) in [4.78, 5) is 27.8. The zero-order valence-electron chi connectivity index (χ0n) is 11.1. The van der Waals surface area contributed by atoms with Crippen LogP contribution in [0.3, 0.4) is 0 Å². The lowest BCUT2D eigenvalue weighted by Crippen LogP contribution is -2.42. The maximum Gasteiger partial charge on any atom is 0.352 e. The van der Waals surface area contributed by atoms with Crippen LogP contribution in [0.5, 0.6) is 0 Å². The molecule has 0 spiro atoms. The number of H-pyrrole nitrogens is 1. The molecule has 1 saturated heterocycles. The van der Waals surface area contributed by atoms with Gasteiger partial charge in [-0.05, 0) is 32.3 Å². The molecule has 6 heteroatoms. The molecule has 1 atom stereocenters. The topological polar surface area (TPSA) is 93.6 Å². The third kappa shape index (κ3) is 2.49. The minimum Gasteiger partial charge on any atom is -0.477 e. The van der Waals surface area contributed by atoms with Crippen LogP contribution in [0.25, 0.3) is 0 Å². The molecule has 0 aromatic carbocycles. The van der Waals surface area contributed by atoms with Gasteiger partial charge < -0.3 is 20.1 Å². The van der Waals surface area contributed by atoms with Crippen LogP contribution in [0.15, 0.2) is 0 Å². The lowest BCUT2D eigenvalue weighted by molar-refractivity contribution is 0.0472. The number of β-amino-alcohol motifs (C(OH)–C–C–N with tert-alkyl or cyclic N) is 1. The molecule has 0 aliphatic carbocycles. The van der Waals surface area contributed by atoms with Crippen LogP contribution < -0.4 is 0 Å². The maximum absolute atomic E-state index is 12.4. The first-order chi connectivity index (χ1) is 8.91. The Morgan fingerprint density at radius 2 is 2.05 bits per heavy atom. The SMILES string of the molecule is Cc1[nH]c(C(=O)O)c(C)c1C(=O)N1CCCC(O)C1. The Balaban J connectivity index is 2.31. The minimum absolute atomic E-state index is 0.0541. The van der Waals surface area contributed by atoms with E-state index in [9.17, 15) is 14.7 Å². The molecule has 1 aromatic rings. The van der Waals surface area contributed by atoms with E-state index in [4.69, 9.17) is 5.11 Å². The van der Waals surface area contributed by atoms with Crippen molar-refractivity contribution in [1.82, 2.24) is 9.88 Å². The summed E-state index contributed by atoms with van der Waals surface area (Å²) in [5, 5.41) is 18.7. The Morgan fingerprint density at radius 1 is 1.37 bits per heavy atom. The number of nitrogens with one attached hydrogen (secondary N) is 1. The number of rotatable bonds is 2. The Labute approximate surface area is 111 Å². The number of carboxylic acids is 1. The lowest BCUT2D eigenvalue weighted by Gasteiger charge is -2.30. The molecule has 0 radical (unpaired) electrons. The van der Waals surface area contributed by atoms with Crippen molar-refractivity contribution < 1.29 is 19.8 Å².